The van der Waals surface area contributed by atoms with Crippen molar-refractivity contribution in [2.24, 2.45) is 0 Å². The summed E-state index contributed by atoms with van der Waals surface area (Å²) in [5.74, 6) is -1.26. The van der Waals surface area contributed by atoms with Crippen LogP contribution in [-0.4, -0.2) is 23.1 Å². The molecule has 0 aromatic carbocycles. The average Bonchev–Trinajstić information content (AvgIpc) is 2.25. The molecule has 0 aliphatic rings. The fraction of sp³-hybridized carbons (Fsp3) is 0.429. The predicted molar refractivity (Wildman–Crippen MR) is 69.9 cm³/mol. The third-order valence-corrected chi connectivity index (χ3v) is 2.07. The molecule has 0 saturated carbocycles. The minimum Gasteiger partial charge on any atom is -0.452 e. The molecule has 0 aromatic rings. The maximum Gasteiger partial charge on any atom is 0.331 e. The Hall–Kier alpha value is -1.84. The molecule has 0 amide bonds. The second kappa shape index (κ2) is 6.19. The minimum absolute atomic E-state index is 0.631. The first-order chi connectivity index (χ1) is 8.12. The van der Waals surface area contributed by atoms with Crippen molar-refractivity contribution in [3.63, 3.8) is 0 Å². The Balaban J connectivity index is 4.40. The monoisotopic (exact) mass is 252 g/mol. The first kappa shape index (κ1) is 16.2. The van der Waals surface area contributed by atoms with E-state index in [4.69, 9.17) is 9.47 Å². The van der Waals surface area contributed by atoms with Gasteiger partial charge in [-0.15, -0.1) is 0 Å². The van der Waals surface area contributed by atoms with E-state index in [1.807, 2.05) is 0 Å². The van der Waals surface area contributed by atoms with Crippen molar-refractivity contribution in [3.8, 4) is 0 Å². The molecule has 0 radical (unpaired) electrons. The Labute approximate surface area is 108 Å². The van der Waals surface area contributed by atoms with Crippen molar-refractivity contribution in [1.82, 2.24) is 0 Å². The summed E-state index contributed by atoms with van der Waals surface area (Å²) in [4.78, 5) is 22.7. The molecule has 0 unspecified atom stereocenters. The Morgan fingerprint density at radius 3 is 1.33 bits per heavy atom. The van der Waals surface area contributed by atoms with E-state index < -0.39 is 23.1 Å². The molecule has 0 fully saturated rings. The zero-order chi connectivity index (χ0) is 14.4. The van der Waals surface area contributed by atoms with Gasteiger partial charge >= 0.3 is 11.9 Å². The summed E-state index contributed by atoms with van der Waals surface area (Å²) < 4.78 is 10.0. The van der Waals surface area contributed by atoms with Gasteiger partial charge in [0.05, 0.1) is 0 Å². The smallest absolute Gasteiger partial charge is 0.331 e. The van der Waals surface area contributed by atoms with Gasteiger partial charge in [0, 0.05) is 12.2 Å². The first-order valence-electron chi connectivity index (χ1n) is 5.53. The van der Waals surface area contributed by atoms with Gasteiger partial charge in [0.2, 0.25) is 0 Å². The Bertz CT molecular complexity index is 339. The van der Waals surface area contributed by atoms with Crippen LogP contribution in [0.3, 0.4) is 0 Å². The number of carbonyl (C=O) groups excluding carboxylic acids is 2. The number of hydrogen-bond acceptors (Lipinski definition) is 4. The summed E-state index contributed by atoms with van der Waals surface area (Å²) in [6.07, 6.45) is 5.04. The highest BCUT2D eigenvalue weighted by atomic mass is 16.6. The maximum atomic E-state index is 11.4. The van der Waals surface area contributed by atoms with E-state index in [9.17, 15) is 9.59 Å². The van der Waals surface area contributed by atoms with E-state index in [1.54, 1.807) is 27.7 Å². The van der Waals surface area contributed by atoms with Gasteiger partial charge in [0.1, 0.15) is 11.2 Å². The van der Waals surface area contributed by atoms with E-state index in [0.29, 0.717) is 0 Å². The third kappa shape index (κ3) is 6.68. The molecule has 18 heavy (non-hydrogen) atoms. The fourth-order valence-corrected chi connectivity index (χ4v) is 0.806. The first-order valence-corrected chi connectivity index (χ1v) is 5.53. The third-order valence-electron chi connectivity index (χ3n) is 2.07. The highest BCUT2D eigenvalue weighted by Gasteiger charge is 2.19. The molecule has 4 nitrogen and oxygen atoms in total. The maximum absolute atomic E-state index is 11.4. The Kier molecular flexibility index (Phi) is 5.56. The predicted octanol–water partition coefficient (Wildman–Crippen LogP) is 2.56. The lowest BCUT2D eigenvalue weighted by Crippen LogP contribution is -2.25. The minimum atomic E-state index is -0.772. The van der Waals surface area contributed by atoms with Crippen molar-refractivity contribution >= 4 is 11.9 Å². The number of carbonyl (C=O) groups is 2. The molecule has 0 aliphatic heterocycles. The van der Waals surface area contributed by atoms with Crippen LogP contribution >= 0.6 is 0 Å². The summed E-state index contributed by atoms with van der Waals surface area (Å²) in [6, 6.07) is 0. The van der Waals surface area contributed by atoms with Gasteiger partial charge in [-0.25, -0.2) is 9.59 Å². The summed E-state index contributed by atoms with van der Waals surface area (Å²) in [5, 5.41) is 0. The van der Waals surface area contributed by atoms with Crippen LogP contribution in [0.15, 0.2) is 37.5 Å². The number of esters is 2. The molecule has 0 heterocycles. The highest BCUT2D eigenvalue weighted by Crippen LogP contribution is 2.12. The van der Waals surface area contributed by atoms with Crippen LogP contribution in [0, 0.1) is 0 Å². The van der Waals surface area contributed by atoms with Crippen molar-refractivity contribution in [3.05, 3.63) is 37.5 Å². The quantitative estimate of drug-likeness (QED) is 0.414. The Morgan fingerprint density at radius 2 is 1.11 bits per heavy atom. The number of rotatable bonds is 6. The van der Waals surface area contributed by atoms with Crippen molar-refractivity contribution in [2.75, 3.05) is 0 Å². The Morgan fingerprint density at radius 1 is 0.833 bits per heavy atom. The van der Waals surface area contributed by atoms with Crippen LogP contribution < -0.4 is 0 Å². The van der Waals surface area contributed by atoms with Gasteiger partial charge in [-0.1, -0.05) is 13.2 Å². The zero-order valence-corrected chi connectivity index (χ0v) is 11.4. The largest absolute Gasteiger partial charge is 0.452 e. The van der Waals surface area contributed by atoms with E-state index in [-0.39, 0.29) is 0 Å². The standard InChI is InChI=1S/C14H20O4/c1-7-13(3,4)17-11(15)9-10-12(16)18-14(5,6)8-2/h7-10H,1-2H2,3-6H3/b10-9+. The summed E-state index contributed by atoms with van der Waals surface area (Å²) in [5.41, 5.74) is -1.54. The molecule has 0 spiro atoms. The molecule has 0 aromatic heterocycles. The highest BCUT2D eigenvalue weighted by molar-refractivity contribution is 5.92. The normalized spacial score (nSPS) is 12.0. The molecule has 0 aliphatic carbocycles. The fourth-order valence-electron chi connectivity index (χ4n) is 0.806. The van der Waals surface area contributed by atoms with Gasteiger partial charge in [-0.2, -0.15) is 0 Å². The van der Waals surface area contributed by atoms with Gasteiger partial charge in [-0.3, -0.25) is 0 Å². The topological polar surface area (TPSA) is 52.6 Å². The van der Waals surface area contributed by atoms with Crippen LogP contribution in [0.25, 0.3) is 0 Å². The van der Waals surface area contributed by atoms with Crippen LogP contribution in [0.2, 0.25) is 0 Å². The molecule has 0 rings (SSSR count). The SMILES string of the molecule is C=CC(C)(C)OC(=O)/C=C/C(=O)OC(C)(C)C=C. The second-order valence-corrected chi connectivity index (χ2v) is 4.79. The van der Waals surface area contributed by atoms with E-state index in [1.165, 1.54) is 12.2 Å². The zero-order valence-electron chi connectivity index (χ0n) is 11.4. The van der Waals surface area contributed by atoms with Gasteiger partial charge in [0.15, 0.2) is 0 Å². The lowest BCUT2D eigenvalue weighted by Gasteiger charge is -2.20. The number of ether oxygens (including phenoxy) is 2. The van der Waals surface area contributed by atoms with Gasteiger partial charge in [-0.05, 0) is 39.8 Å². The molecule has 100 valence electrons. The van der Waals surface area contributed by atoms with Gasteiger partial charge in [0.25, 0.3) is 0 Å². The molecule has 0 saturated heterocycles. The summed E-state index contributed by atoms with van der Waals surface area (Å²) >= 11 is 0. The molecule has 4 heteroatoms. The number of hydrogen-bond donors (Lipinski definition) is 0. The second-order valence-electron chi connectivity index (χ2n) is 4.79. The van der Waals surface area contributed by atoms with E-state index in [0.717, 1.165) is 12.2 Å². The van der Waals surface area contributed by atoms with Crippen LogP contribution in [0.4, 0.5) is 0 Å². The van der Waals surface area contributed by atoms with E-state index >= 15 is 0 Å². The summed E-state index contributed by atoms with van der Waals surface area (Å²) in [6.45, 7) is 13.8. The van der Waals surface area contributed by atoms with Crippen LogP contribution in [-0.2, 0) is 19.1 Å². The lowest BCUT2D eigenvalue weighted by atomic mass is 10.1. The van der Waals surface area contributed by atoms with Gasteiger partial charge < -0.3 is 9.47 Å². The van der Waals surface area contributed by atoms with E-state index in [2.05, 4.69) is 13.2 Å². The van der Waals surface area contributed by atoms with Crippen LogP contribution in [0.1, 0.15) is 27.7 Å². The van der Waals surface area contributed by atoms with Crippen molar-refractivity contribution in [1.29, 1.82) is 0 Å². The van der Waals surface area contributed by atoms with Crippen molar-refractivity contribution < 1.29 is 19.1 Å². The lowest BCUT2D eigenvalue weighted by molar-refractivity contribution is -0.149. The summed E-state index contributed by atoms with van der Waals surface area (Å²) in [7, 11) is 0. The molecule has 0 bridgehead atoms. The van der Waals surface area contributed by atoms with Crippen LogP contribution in [0.5, 0.6) is 0 Å². The average molecular weight is 252 g/mol. The van der Waals surface area contributed by atoms with Crippen molar-refractivity contribution in [2.45, 2.75) is 38.9 Å². The molecular formula is C14H20O4. The molecular weight excluding hydrogens is 232 g/mol. The molecule has 0 N–H and O–H groups in total. The molecule has 0 atom stereocenters.